The molecule has 0 fully saturated rings. The summed E-state index contributed by atoms with van der Waals surface area (Å²) >= 11 is 3.46. The fourth-order valence-electron chi connectivity index (χ4n) is 2.54. The third-order valence-corrected chi connectivity index (χ3v) is 4.26. The van der Waals surface area contributed by atoms with Crippen molar-refractivity contribution in [3.05, 3.63) is 63.8 Å². The van der Waals surface area contributed by atoms with Gasteiger partial charge in [0, 0.05) is 27.3 Å². The number of pyridine rings is 1. The first-order valence-corrected chi connectivity index (χ1v) is 8.11. The van der Waals surface area contributed by atoms with E-state index in [1.807, 2.05) is 43.3 Å². The highest BCUT2D eigenvalue weighted by Gasteiger charge is 2.15. The van der Waals surface area contributed by atoms with Crippen LogP contribution >= 0.6 is 15.9 Å². The highest BCUT2D eigenvalue weighted by Crippen LogP contribution is 2.30. The Morgan fingerprint density at radius 2 is 2.04 bits per heavy atom. The van der Waals surface area contributed by atoms with Gasteiger partial charge < -0.3 is 16.2 Å². The van der Waals surface area contributed by atoms with Crippen LogP contribution in [0.3, 0.4) is 0 Å². The van der Waals surface area contributed by atoms with E-state index < -0.39 is 5.91 Å². The van der Waals surface area contributed by atoms with Gasteiger partial charge in [-0.05, 0) is 36.8 Å². The Hall–Kier alpha value is -2.60. The molecule has 3 rings (SSSR count). The fourth-order valence-corrected chi connectivity index (χ4v) is 3.16. The van der Waals surface area contributed by atoms with E-state index in [-0.39, 0.29) is 12.2 Å². The Kier molecular flexibility index (Phi) is 4.40. The van der Waals surface area contributed by atoms with Gasteiger partial charge in [-0.3, -0.25) is 9.78 Å². The Balaban J connectivity index is 2.04. The van der Waals surface area contributed by atoms with Gasteiger partial charge in [0.2, 0.25) is 0 Å². The molecule has 0 unspecified atom stereocenters. The zero-order valence-electron chi connectivity index (χ0n) is 13.0. The summed E-state index contributed by atoms with van der Waals surface area (Å²) in [6.45, 7) is 2.15. The number of rotatable bonds is 4. The van der Waals surface area contributed by atoms with Gasteiger partial charge >= 0.3 is 0 Å². The first-order valence-electron chi connectivity index (χ1n) is 7.32. The number of carbonyl (C=O) groups is 1. The minimum absolute atomic E-state index is 0.223. The second kappa shape index (κ2) is 6.49. The minimum Gasteiger partial charge on any atom is -0.487 e. The molecule has 0 aliphatic rings. The Bertz CT molecular complexity index is 941. The zero-order valence-corrected chi connectivity index (χ0v) is 14.6. The van der Waals surface area contributed by atoms with Crippen molar-refractivity contribution in [1.29, 1.82) is 0 Å². The average molecular weight is 386 g/mol. The lowest BCUT2D eigenvalue weighted by Gasteiger charge is -2.14. The number of aryl methyl sites for hydroxylation is 1. The number of halogens is 1. The van der Waals surface area contributed by atoms with Gasteiger partial charge in [0.05, 0.1) is 5.52 Å². The van der Waals surface area contributed by atoms with Gasteiger partial charge in [-0.1, -0.05) is 28.1 Å². The van der Waals surface area contributed by atoms with Crippen molar-refractivity contribution in [3.63, 3.8) is 0 Å². The molecule has 3 aromatic rings. The zero-order chi connectivity index (χ0) is 17.3. The summed E-state index contributed by atoms with van der Waals surface area (Å²) in [5, 5.41) is 0.735. The predicted octanol–water partition coefficient (Wildman–Crippen LogP) is 3.57. The molecule has 1 amide bonds. The van der Waals surface area contributed by atoms with Crippen LogP contribution in [0.4, 0.5) is 5.69 Å². The maximum atomic E-state index is 11.7. The molecule has 5 nitrogen and oxygen atoms in total. The number of carbonyl (C=O) groups excluding carboxylic acids is 1. The molecule has 0 aliphatic carbocycles. The summed E-state index contributed by atoms with van der Waals surface area (Å²) in [4.78, 5) is 16.0. The molecule has 24 heavy (non-hydrogen) atoms. The first-order chi connectivity index (χ1) is 11.5. The molecular weight excluding hydrogens is 370 g/mol. The first kappa shape index (κ1) is 16.3. The number of hydrogen-bond acceptors (Lipinski definition) is 4. The topological polar surface area (TPSA) is 91.2 Å². The number of nitrogen functional groups attached to an aromatic ring is 1. The summed E-state index contributed by atoms with van der Waals surface area (Å²) in [6, 6.07) is 11.3. The summed E-state index contributed by atoms with van der Waals surface area (Å²) < 4.78 is 6.87. The number of nitrogens with zero attached hydrogens (tertiary/aromatic N) is 1. The van der Waals surface area contributed by atoms with Crippen molar-refractivity contribution in [2.45, 2.75) is 13.5 Å². The number of fused-ring (bicyclic) bond motifs is 1. The normalized spacial score (nSPS) is 10.8. The lowest BCUT2D eigenvalue weighted by Crippen LogP contribution is -2.14. The lowest BCUT2D eigenvalue weighted by molar-refractivity contribution is 0.0996. The van der Waals surface area contributed by atoms with E-state index in [4.69, 9.17) is 16.2 Å². The van der Waals surface area contributed by atoms with Crippen LogP contribution in [-0.2, 0) is 6.61 Å². The van der Waals surface area contributed by atoms with Crippen molar-refractivity contribution in [2.24, 2.45) is 5.73 Å². The number of amides is 1. The third-order valence-electron chi connectivity index (χ3n) is 3.80. The predicted molar refractivity (Wildman–Crippen MR) is 97.9 cm³/mol. The van der Waals surface area contributed by atoms with Crippen LogP contribution < -0.4 is 16.2 Å². The number of para-hydroxylation sites is 1. The number of nitrogens with two attached hydrogens (primary N) is 2. The number of primary amides is 1. The van der Waals surface area contributed by atoms with Gasteiger partial charge in [-0.25, -0.2) is 0 Å². The summed E-state index contributed by atoms with van der Waals surface area (Å²) in [7, 11) is 0. The second-order valence-electron chi connectivity index (χ2n) is 5.47. The van der Waals surface area contributed by atoms with Crippen LogP contribution in [-0.4, -0.2) is 10.9 Å². The fraction of sp³-hybridized carbons (Fsp3) is 0.111. The Morgan fingerprint density at radius 3 is 2.79 bits per heavy atom. The SMILES string of the molecule is Cc1cc(Br)cc(COc2c(C(N)=O)cnc3ccccc23)c1N. The van der Waals surface area contributed by atoms with E-state index in [0.29, 0.717) is 11.4 Å². The molecule has 0 bridgehead atoms. The third kappa shape index (κ3) is 3.05. The Morgan fingerprint density at radius 1 is 1.29 bits per heavy atom. The summed E-state index contributed by atoms with van der Waals surface area (Å²) in [5.74, 6) is -0.160. The molecule has 0 atom stereocenters. The molecule has 0 spiro atoms. The number of ether oxygens (including phenoxy) is 1. The van der Waals surface area contributed by atoms with E-state index >= 15 is 0 Å². The monoisotopic (exact) mass is 385 g/mol. The van der Waals surface area contributed by atoms with Crippen LogP contribution in [0.1, 0.15) is 21.5 Å². The van der Waals surface area contributed by atoms with E-state index in [1.54, 1.807) is 0 Å². The maximum absolute atomic E-state index is 11.7. The van der Waals surface area contributed by atoms with Gasteiger partial charge in [0.15, 0.2) is 0 Å². The van der Waals surface area contributed by atoms with Crippen molar-refractivity contribution in [1.82, 2.24) is 4.98 Å². The quantitative estimate of drug-likeness (QED) is 0.671. The Labute approximate surface area is 147 Å². The molecule has 4 N–H and O–H groups in total. The molecule has 1 heterocycles. The summed E-state index contributed by atoms with van der Waals surface area (Å²) in [6.07, 6.45) is 1.44. The molecule has 122 valence electrons. The van der Waals surface area contributed by atoms with E-state index in [9.17, 15) is 4.79 Å². The van der Waals surface area contributed by atoms with Crippen LogP contribution in [0.15, 0.2) is 47.1 Å². The van der Waals surface area contributed by atoms with Crippen molar-refractivity contribution < 1.29 is 9.53 Å². The largest absolute Gasteiger partial charge is 0.487 e. The van der Waals surface area contributed by atoms with E-state index in [2.05, 4.69) is 20.9 Å². The highest BCUT2D eigenvalue weighted by molar-refractivity contribution is 9.10. The van der Waals surface area contributed by atoms with Crippen molar-refractivity contribution >= 4 is 38.4 Å². The number of aromatic nitrogens is 1. The van der Waals surface area contributed by atoms with Gasteiger partial charge in [0.1, 0.15) is 17.9 Å². The van der Waals surface area contributed by atoms with Gasteiger partial charge in [0.25, 0.3) is 5.91 Å². The lowest BCUT2D eigenvalue weighted by atomic mass is 10.1. The molecule has 2 aromatic carbocycles. The average Bonchev–Trinajstić information content (AvgIpc) is 2.56. The van der Waals surface area contributed by atoms with Gasteiger partial charge in [-0.15, -0.1) is 0 Å². The van der Waals surface area contributed by atoms with Crippen molar-refractivity contribution in [2.75, 3.05) is 5.73 Å². The van der Waals surface area contributed by atoms with E-state index in [0.717, 1.165) is 26.5 Å². The standard InChI is InChI=1S/C18H16BrN3O2/c1-10-6-12(19)7-11(16(10)20)9-24-17-13-4-2-3-5-15(13)22-8-14(17)18(21)23/h2-8H,9,20H2,1H3,(H2,21,23). The second-order valence-corrected chi connectivity index (χ2v) is 6.38. The number of hydrogen-bond donors (Lipinski definition) is 2. The molecule has 0 aliphatic heterocycles. The maximum Gasteiger partial charge on any atom is 0.254 e. The number of anilines is 1. The van der Waals surface area contributed by atoms with Crippen LogP contribution in [0.5, 0.6) is 5.75 Å². The molecule has 1 aromatic heterocycles. The molecule has 0 saturated heterocycles. The van der Waals surface area contributed by atoms with Gasteiger partial charge in [-0.2, -0.15) is 0 Å². The molecule has 0 radical (unpaired) electrons. The molecule has 0 saturated carbocycles. The van der Waals surface area contributed by atoms with Crippen LogP contribution in [0, 0.1) is 6.92 Å². The molecular formula is C18H16BrN3O2. The number of benzene rings is 2. The summed E-state index contributed by atoms with van der Waals surface area (Å²) in [5.41, 5.74) is 15.0. The van der Waals surface area contributed by atoms with Crippen LogP contribution in [0.2, 0.25) is 0 Å². The van der Waals surface area contributed by atoms with Crippen LogP contribution in [0.25, 0.3) is 10.9 Å². The van der Waals surface area contributed by atoms with Crippen molar-refractivity contribution in [3.8, 4) is 5.75 Å². The smallest absolute Gasteiger partial charge is 0.254 e. The highest BCUT2D eigenvalue weighted by atomic mass is 79.9. The van der Waals surface area contributed by atoms with E-state index in [1.165, 1.54) is 6.20 Å². The minimum atomic E-state index is -0.582. The molecule has 6 heteroatoms.